The molecule has 1 aromatic carbocycles. The summed E-state index contributed by atoms with van der Waals surface area (Å²) in [6.07, 6.45) is 0.862. The Morgan fingerprint density at radius 3 is 2.94 bits per heavy atom. The molecule has 0 spiro atoms. The van der Waals surface area contributed by atoms with Crippen molar-refractivity contribution in [1.29, 1.82) is 0 Å². The minimum absolute atomic E-state index is 0.0533. The Balaban J connectivity index is 2.26. The van der Waals surface area contributed by atoms with Crippen molar-refractivity contribution >= 4 is 21.8 Å². The van der Waals surface area contributed by atoms with Crippen molar-refractivity contribution in [3.8, 4) is 0 Å². The maximum absolute atomic E-state index is 11.6. The average Bonchev–Trinajstić information content (AvgIpc) is 2.29. The summed E-state index contributed by atoms with van der Waals surface area (Å²) < 4.78 is 25.9. The molecule has 5 heteroatoms. The van der Waals surface area contributed by atoms with Gasteiger partial charge in [0.15, 0.2) is 0 Å². The molecule has 0 amide bonds. The van der Waals surface area contributed by atoms with Crippen molar-refractivity contribution in [2.45, 2.75) is 24.3 Å². The molecule has 3 nitrogen and oxygen atoms in total. The number of rotatable bonds is 3. The van der Waals surface area contributed by atoms with Crippen LogP contribution < -0.4 is 4.72 Å². The summed E-state index contributed by atoms with van der Waals surface area (Å²) in [4.78, 5) is 1.19. The molecule has 1 unspecified atom stereocenters. The molecular formula is C11H15NO2S2. The standard InChI is InChI=1S/C11H15NO2S2/c1-2-16(13,14)12-10-7-8-15-11-6-4-3-5-9(10)11/h3-6,10,12H,2,7-8H2,1H3. The number of benzene rings is 1. The van der Waals surface area contributed by atoms with Gasteiger partial charge >= 0.3 is 0 Å². The van der Waals surface area contributed by atoms with Gasteiger partial charge in [0, 0.05) is 10.9 Å². The molecular weight excluding hydrogens is 242 g/mol. The monoisotopic (exact) mass is 257 g/mol. The smallest absolute Gasteiger partial charge is 0.211 e. The highest BCUT2D eigenvalue weighted by Crippen LogP contribution is 2.36. The van der Waals surface area contributed by atoms with E-state index in [-0.39, 0.29) is 11.8 Å². The number of sulfonamides is 1. The molecule has 16 heavy (non-hydrogen) atoms. The minimum Gasteiger partial charge on any atom is -0.212 e. The second kappa shape index (κ2) is 4.77. The van der Waals surface area contributed by atoms with Gasteiger partial charge in [0.2, 0.25) is 10.0 Å². The van der Waals surface area contributed by atoms with Crippen LogP contribution in [-0.2, 0) is 10.0 Å². The highest BCUT2D eigenvalue weighted by atomic mass is 32.2. The molecule has 1 aliphatic heterocycles. The predicted molar refractivity (Wildman–Crippen MR) is 67.1 cm³/mol. The van der Waals surface area contributed by atoms with Gasteiger partial charge in [-0.3, -0.25) is 0 Å². The fourth-order valence-electron chi connectivity index (χ4n) is 1.76. The van der Waals surface area contributed by atoms with Crippen molar-refractivity contribution in [3.63, 3.8) is 0 Å². The fraction of sp³-hybridized carbons (Fsp3) is 0.455. The van der Waals surface area contributed by atoms with Crippen LogP contribution in [0.4, 0.5) is 0 Å². The Hall–Kier alpha value is -0.520. The van der Waals surface area contributed by atoms with Gasteiger partial charge in [-0.1, -0.05) is 18.2 Å². The maximum atomic E-state index is 11.6. The molecule has 1 N–H and O–H groups in total. The van der Waals surface area contributed by atoms with Crippen molar-refractivity contribution in [2.75, 3.05) is 11.5 Å². The van der Waals surface area contributed by atoms with Gasteiger partial charge in [-0.25, -0.2) is 13.1 Å². The summed E-state index contributed by atoms with van der Waals surface area (Å²) in [7, 11) is -3.12. The second-order valence-electron chi connectivity index (χ2n) is 3.75. The summed E-state index contributed by atoms with van der Waals surface area (Å²) in [6, 6.07) is 7.94. The van der Waals surface area contributed by atoms with Crippen LogP contribution in [0.25, 0.3) is 0 Å². The van der Waals surface area contributed by atoms with Crippen LogP contribution in [0.1, 0.15) is 24.9 Å². The summed E-state index contributed by atoms with van der Waals surface area (Å²) in [5.41, 5.74) is 1.11. The molecule has 1 aromatic rings. The zero-order valence-electron chi connectivity index (χ0n) is 9.14. The molecule has 88 valence electrons. The van der Waals surface area contributed by atoms with Crippen LogP contribution in [0.2, 0.25) is 0 Å². The van der Waals surface area contributed by atoms with Gasteiger partial charge in [-0.2, -0.15) is 0 Å². The van der Waals surface area contributed by atoms with Crippen LogP contribution in [0.3, 0.4) is 0 Å². The lowest BCUT2D eigenvalue weighted by atomic mass is 10.1. The van der Waals surface area contributed by atoms with Crippen molar-refractivity contribution in [1.82, 2.24) is 4.72 Å². The molecule has 0 bridgehead atoms. The topological polar surface area (TPSA) is 46.2 Å². The molecule has 1 atom stereocenters. The van der Waals surface area contributed by atoms with Gasteiger partial charge in [-0.05, 0) is 30.7 Å². The van der Waals surface area contributed by atoms with E-state index in [1.165, 1.54) is 4.90 Å². The third-order valence-electron chi connectivity index (χ3n) is 2.66. The van der Waals surface area contributed by atoms with E-state index < -0.39 is 10.0 Å². The summed E-state index contributed by atoms with van der Waals surface area (Å²) in [6.45, 7) is 1.66. The second-order valence-corrected chi connectivity index (χ2v) is 6.93. The van der Waals surface area contributed by atoms with E-state index in [0.29, 0.717) is 0 Å². The summed E-state index contributed by atoms with van der Waals surface area (Å²) >= 11 is 1.79. The third-order valence-corrected chi connectivity index (χ3v) is 5.19. The van der Waals surface area contributed by atoms with Crippen molar-refractivity contribution < 1.29 is 8.42 Å². The fourth-order valence-corrected chi connectivity index (χ4v) is 3.73. The normalized spacial score (nSPS) is 20.4. The predicted octanol–water partition coefficient (Wildman–Crippen LogP) is 2.16. The van der Waals surface area contributed by atoms with Crippen LogP contribution in [0.15, 0.2) is 29.2 Å². The van der Waals surface area contributed by atoms with Gasteiger partial charge < -0.3 is 0 Å². The Bertz CT molecular complexity index is 471. The van der Waals surface area contributed by atoms with Crippen LogP contribution in [-0.4, -0.2) is 19.9 Å². The van der Waals surface area contributed by atoms with E-state index in [1.807, 2.05) is 24.3 Å². The SMILES string of the molecule is CCS(=O)(=O)NC1CCSc2ccccc21. The molecule has 0 radical (unpaired) electrons. The molecule has 0 aliphatic carbocycles. The Labute approximate surface area is 101 Å². The summed E-state index contributed by atoms with van der Waals surface area (Å²) in [5, 5.41) is 0. The Morgan fingerprint density at radius 1 is 1.44 bits per heavy atom. The van der Waals surface area contributed by atoms with Gasteiger partial charge in [-0.15, -0.1) is 11.8 Å². The van der Waals surface area contributed by atoms with E-state index >= 15 is 0 Å². The lowest BCUT2D eigenvalue weighted by Gasteiger charge is -2.25. The van der Waals surface area contributed by atoms with E-state index in [2.05, 4.69) is 4.72 Å². The zero-order chi connectivity index (χ0) is 11.6. The van der Waals surface area contributed by atoms with E-state index in [1.54, 1.807) is 18.7 Å². The third kappa shape index (κ3) is 2.59. The number of nitrogens with one attached hydrogen (secondary N) is 1. The molecule has 0 saturated heterocycles. The van der Waals surface area contributed by atoms with E-state index in [9.17, 15) is 8.42 Å². The average molecular weight is 257 g/mol. The molecule has 1 aliphatic rings. The molecule has 0 aromatic heterocycles. The summed E-state index contributed by atoms with van der Waals surface area (Å²) in [5.74, 6) is 1.10. The van der Waals surface area contributed by atoms with Gasteiger partial charge in [0.1, 0.15) is 0 Å². The number of fused-ring (bicyclic) bond motifs is 1. The van der Waals surface area contributed by atoms with E-state index in [4.69, 9.17) is 0 Å². The Kier molecular flexibility index (Phi) is 3.56. The van der Waals surface area contributed by atoms with Crippen molar-refractivity contribution in [3.05, 3.63) is 29.8 Å². The van der Waals surface area contributed by atoms with Crippen molar-refractivity contribution in [2.24, 2.45) is 0 Å². The molecule has 0 fully saturated rings. The lowest BCUT2D eigenvalue weighted by molar-refractivity contribution is 0.547. The largest absolute Gasteiger partial charge is 0.212 e. The zero-order valence-corrected chi connectivity index (χ0v) is 10.8. The van der Waals surface area contributed by atoms with Crippen LogP contribution in [0.5, 0.6) is 0 Å². The highest BCUT2D eigenvalue weighted by Gasteiger charge is 2.23. The van der Waals surface area contributed by atoms with Crippen LogP contribution >= 0.6 is 11.8 Å². The number of hydrogen-bond acceptors (Lipinski definition) is 3. The number of thioether (sulfide) groups is 1. The Morgan fingerprint density at radius 2 is 2.19 bits per heavy atom. The molecule has 1 heterocycles. The molecule has 2 rings (SSSR count). The first-order valence-corrected chi connectivity index (χ1v) is 7.98. The van der Waals surface area contributed by atoms with Crippen LogP contribution in [0, 0.1) is 0 Å². The first kappa shape index (κ1) is 12.0. The first-order valence-electron chi connectivity index (χ1n) is 5.34. The highest BCUT2D eigenvalue weighted by molar-refractivity contribution is 7.99. The van der Waals surface area contributed by atoms with Gasteiger partial charge in [0.05, 0.1) is 5.75 Å². The maximum Gasteiger partial charge on any atom is 0.211 e. The minimum atomic E-state index is -3.12. The molecule has 0 saturated carbocycles. The first-order chi connectivity index (χ1) is 7.62. The van der Waals surface area contributed by atoms with E-state index in [0.717, 1.165) is 17.7 Å². The number of hydrogen-bond donors (Lipinski definition) is 1. The van der Waals surface area contributed by atoms with Gasteiger partial charge in [0.25, 0.3) is 0 Å². The lowest BCUT2D eigenvalue weighted by Crippen LogP contribution is -2.31. The quantitative estimate of drug-likeness (QED) is 0.902.